The Morgan fingerprint density at radius 3 is 2.92 bits per heavy atom. The predicted molar refractivity (Wildman–Crippen MR) is 86.9 cm³/mol. The lowest BCUT2D eigenvalue weighted by atomic mass is 10.1. The van der Waals surface area contributed by atoms with E-state index in [4.69, 9.17) is 13.9 Å². The Morgan fingerprint density at radius 1 is 1.25 bits per heavy atom. The van der Waals surface area contributed by atoms with Crippen LogP contribution in [0.2, 0.25) is 0 Å². The van der Waals surface area contributed by atoms with E-state index in [1.54, 1.807) is 12.1 Å². The third-order valence-electron chi connectivity index (χ3n) is 3.47. The molecule has 0 saturated heterocycles. The summed E-state index contributed by atoms with van der Waals surface area (Å²) in [6.45, 7) is 3.94. The number of ether oxygens (including phenoxy) is 2. The summed E-state index contributed by atoms with van der Waals surface area (Å²) in [5, 5.41) is 14.0. The van der Waals surface area contributed by atoms with Crippen molar-refractivity contribution in [2.75, 3.05) is 19.8 Å². The Labute approximate surface area is 137 Å². The van der Waals surface area contributed by atoms with Gasteiger partial charge in [-0.1, -0.05) is 12.1 Å². The van der Waals surface area contributed by atoms with Crippen molar-refractivity contribution in [1.29, 1.82) is 0 Å². The number of hydrogen-bond acceptors (Lipinski definition) is 7. The van der Waals surface area contributed by atoms with Crippen LogP contribution in [0.5, 0.6) is 5.75 Å². The van der Waals surface area contributed by atoms with Crippen LogP contribution in [-0.2, 0) is 4.74 Å². The normalized spacial score (nSPS) is 11.0. The lowest BCUT2D eigenvalue weighted by Crippen LogP contribution is -2.05. The van der Waals surface area contributed by atoms with Crippen LogP contribution in [0.4, 0.5) is 0 Å². The van der Waals surface area contributed by atoms with Gasteiger partial charge in [0, 0.05) is 18.6 Å². The van der Waals surface area contributed by atoms with Gasteiger partial charge in [-0.05, 0) is 42.3 Å². The number of nitrogens with one attached hydrogen (secondary N) is 1. The molecule has 1 N–H and O–H groups in total. The van der Waals surface area contributed by atoms with Crippen LogP contribution in [0.25, 0.3) is 22.4 Å². The second-order valence-corrected chi connectivity index (χ2v) is 5.12. The number of aromatic nitrogens is 4. The third kappa shape index (κ3) is 3.60. The zero-order chi connectivity index (χ0) is 16.8. The molecular formula is C16H18N4O4. The maximum atomic E-state index is 12.2. The first-order valence-electron chi connectivity index (χ1n) is 7.81. The summed E-state index contributed by atoms with van der Waals surface area (Å²) in [4.78, 5) is 12.2. The summed E-state index contributed by atoms with van der Waals surface area (Å²) in [6, 6.07) is 7.16. The Morgan fingerprint density at radius 2 is 2.12 bits per heavy atom. The molecule has 3 rings (SSSR count). The molecule has 0 amide bonds. The fourth-order valence-electron chi connectivity index (χ4n) is 2.30. The monoisotopic (exact) mass is 330 g/mol. The first-order chi connectivity index (χ1) is 11.8. The van der Waals surface area contributed by atoms with Crippen molar-refractivity contribution in [3.63, 3.8) is 0 Å². The fourth-order valence-corrected chi connectivity index (χ4v) is 2.30. The molecule has 0 fully saturated rings. The largest absolute Gasteiger partial charge is 0.490 e. The van der Waals surface area contributed by atoms with Gasteiger partial charge in [0.05, 0.1) is 6.61 Å². The first kappa shape index (κ1) is 16.1. The molecule has 0 spiro atoms. The molecule has 8 nitrogen and oxygen atoms in total. The van der Waals surface area contributed by atoms with Gasteiger partial charge in [-0.15, -0.1) is 5.10 Å². The molecule has 0 atom stereocenters. The number of aromatic amines is 1. The second-order valence-electron chi connectivity index (χ2n) is 5.12. The van der Waals surface area contributed by atoms with Gasteiger partial charge in [0.25, 0.3) is 0 Å². The molecular weight excluding hydrogens is 312 g/mol. The first-order valence-corrected chi connectivity index (χ1v) is 7.81. The van der Waals surface area contributed by atoms with Crippen molar-refractivity contribution >= 4 is 11.0 Å². The molecule has 1 aromatic carbocycles. The predicted octanol–water partition coefficient (Wildman–Crippen LogP) is 2.17. The third-order valence-corrected chi connectivity index (χ3v) is 3.47. The molecule has 0 aliphatic carbocycles. The Kier molecular flexibility index (Phi) is 5.17. The minimum Gasteiger partial charge on any atom is -0.490 e. The van der Waals surface area contributed by atoms with Crippen molar-refractivity contribution in [3.8, 4) is 17.1 Å². The summed E-state index contributed by atoms with van der Waals surface area (Å²) >= 11 is 0. The average molecular weight is 330 g/mol. The highest BCUT2D eigenvalue weighted by molar-refractivity contribution is 5.85. The molecule has 8 heteroatoms. The van der Waals surface area contributed by atoms with Crippen LogP contribution in [0.1, 0.15) is 19.8 Å². The number of fused-ring (bicyclic) bond motifs is 1. The quantitative estimate of drug-likeness (QED) is 0.498. The molecule has 126 valence electrons. The highest BCUT2D eigenvalue weighted by Crippen LogP contribution is 2.26. The van der Waals surface area contributed by atoms with Crippen molar-refractivity contribution in [1.82, 2.24) is 20.6 Å². The second kappa shape index (κ2) is 7.69. The van der Waals surface area contributed by atoms with E-state index < -0.39 is 5.63 Å². The number of rotatable bonds is 8. The van der Waals surface area contributed by atoms with E-state index in [2.05, 4.69) is 20.6 Å². The summed E-state index contributed by atoms with van der Waals surface area (Å²) in [5.74, 6) is 0.816. The van der Waals surface area contributed by atoms with Gasteiger partial charge in [0.2, 0.25) is 0 Å². The van der Waals surface area contributed by atoms with Gasteiger partial charge in [-0.2, -0.15) is 0 Å². The zero-order valence-electron chi connectivity index (χ0n) is 13.3. The van der Waals surface area contributed by atoms with E-state index in [-0.39, 0.29) is 11.4 Å². The molecule has 2 aromatic heterocycles. The van der Waals surface area contributed by atoms with Gasteiger partial charge in [0.1, 0.15) is 5.56 Å². The van der Waals surface area contributed by atoms with Crippen LogP contribution >= 0.6 is 0 Å². The Bertz CT molecular complexity index is 845. The number of H-pyrrole nitrogens is 1. The van der Waals surface area contributed by atoms with E-state index in [1.165, 1.54) is 0 Å². The number of para-hydroxylation sites is 1. The maximum Gasteiger partial charge on any atom is 0.347 e. The molecule has 0 aliphatic rings. The van der Waals surface area contributed by atoms with Gasteiger partial charge in [0.15, 0.2) is 17.2 Å². The minimum absolute atomic E-state index is 0.271. The average Bonchev–Trinajstić information content (AvgIpc) is 3.12. The highest BCUT2D eigenvalue weighted by atomic mass is 16.5. The molecule has 0 saturated carbocycles. The highest BCUT2D eigenvalue weighted by Gasteiger charge is 2.13. The molecule has 0 aliphatic heterocycles. The molecule has 0 radical (unpaired) electrons. The van der Waals surface area contributed by atoms with Crippen LogP contribution in [-0.4, -0.2) is 40.4 Å². The van der Waals surface area contributed by atoms with Gasteiger partial charge >= 0.3 is 5.63 Å². The van der Waals surface area contributed by atoms with E-state index in [9.17, 15) is 4.79 Å². The number of nitrogens with zero attached hydrogens (tertiary/aromatic N) is 3. The minimum atomic E-state index is -0.520. The topological polar surface area (TPSA) is 103 Å². The van der Waals surface area contributed by atoms with E-state index in [1.807, 2.05) is 19.1 Å². The lowest BCUT2D eigenvalue weighted by Gasteiger charge is -2.08. The smallest absolute Gasteiger partial charge is 0.347 e. The van der Waals surface area contributed by atoms with Gasteiger partial charge < -0.3 is 13.9 Å². The molecule has 2 heterocycles. The standard InChI is InChI=1S/C16H18N4O4/c1-2-22-8-3-4-9-23-13-7-5-6-11-10-12(15-17-19-20-18-15)16(21)24-14(11)13/h5-7,10H,2-4,8-9H2,1H3,(H,17,18,19,20). The lowest BCUT2D eigenvalue weighted by molar-refractivity contribution is 0.139. The Hall–Kier alpha value is -2.74. The number of benzene rings is 1. The summed E-state index contributed by atoms with van der Waals surface area (Å²) in [7, 11) is 0. The van der Waals surface area contributed by atoms with Gasteiger partial charge in [-0.25, -0.2) is 9.89 Å². The van der Waals surface area contributed by atoms with Crippen LogP contribution in [0, 0.1) is 0 Å². The molecule has 0 bridgehead atoms. The summed E-state index contributed by atoms with van der Waals surface area (Å²) < 4.78 is 16.5. The molecule has 0 unspecified atom stereocenters. The van der Waals surface area contributed by atoms with Crippen molar-refractivity contribution in [2.45, 2.75) is 19.8 Å². The Balaban J connectivity index is 1.78. The van der Waals surface area contributed by atoms with E-state index in [0.717, 1.165) is 31.4 Å². The van der Waals surface area contributed by atoms with Crippen molar-refractivity contribution in [3.05, 3.63) is 34.7 Å². The van der Waals surface area contributed by atoms with Crippen molar-refractivity contribution in [2.24, 2.45) is 0 Å². The van der Waals surface area contributed by atoms with Crippen LogP contribution in [0.3, 0.4) is 0 Å². The zero-order valence-corrected chi connectivity index (χ0v) is 13.3. The molecule has 24 heavy (non-hydrogen) atoms. The summed E-state index contributed by atoms with van der Waals surface area (Å²) in [6.07, 6.45) is 1.79. The summed E-state index contributed by atoms with van der Waals surface area (Å²) in [5.41, 5.74) is 0.179. The van der Waals surface area contributed by atoms with Crippen molar-refractivity contribution < 1.29 is 13.9 Å². The number of tetrazole rings is 1. The van der Waals surface area contributed by atoms with E-state index >= 15 is 0 Å². The van der Waals surface area contributed by atoms with Gasteiger partial charge in [-0.3, -0.25) is 0 Å². The van der Waals surface area contributed by atoms with Crippen LogP contribution < -0.4 is 10.4 Å². The fraction of sp³-hybridized carbons (Fsp3) is 0.375. The molecule has 3 aromatic rings. The number of unbranched alkanes of at least 4 members (excludes halogenated alkanes) is 1. The maximum absolute atomic E-state index is 12.2. The van der Waals surface area contributed by atoms with Crippen LogP contribution in [0.15, 0.2) is 33.5 Å². The van der Waals surface area contributed by atoms with E-state index in [0.29, 0.717) is 17.9 Å². The SMILES string of the molecule is CCOCCCCOc1cccc2cc(-c3nnn[nH]3)c(=O)oc12. The number of hydrogen-bond donors (Lipinski definition) is 1.